The van der Waals surface area contributed by atoms with Crippen LogP contribution >= 0.6 is 0 Å². The maximum atomic E-state index is 12.8. The molecule has 6 nitrogen and oxygen atoms in total. The molecule has 7 heteroatoms. The zero-order valence-electron chi connectivity index (χ0n) is 15.8. The highest BCUT2D eigenvalue weighted by molar-refractivity contribution is 7.89. The molecule has 28 heavy (non-hydrogen) atoms. The lowest BCUT2D eigenvalue weighted by molar-refractivity contribution is -0.111. The molecule has 148 valence electrons. The fourth-order valence-corrected chi connectivity index (χ4v) is 4.63. The van der Waals surface area contributed by atoms with Crippen LogP contribution < -0.4 is 10.1 Å². The van der Waals surface area contributed by atoms with Crippen LogP contribution in [0.5, 0.6) is 5.75 Å². The zero-order valence-corrected chi connectivity index (χ0v) is 16.6. The summed E-state index contributed by atoms with van der Waals surface area (Å²) in [7, 11) is -2.11. The molecule has 0 saturated carbocycles. The molecular formula is C21H24N2O4S. The minimum atomic E-state index is -3.56. The number of ether oxygens (including phenoxy) is 1. The van der Waals surface area contributed by atoms with Crippen LogP contribution in [0, 0.1) is 0 Å². The first-order valence-corrected chi connectivity index (χ1v) is 10.7. The van der Waals surface area contributed by atoms with Gasteiger partial charge in [0.1, 0.15) is 5.75 Å². The summed E-state index contributed by atoms with van der Waals surface area (Å²) in [5.74, 6) is -0.0201. The second kappa shape index (κ2) is 9.03. The lowest BCUT2D eigenvalue weighted by Crippen LogP contribution is -2.35. The molecular weight excluding hydrogens is 376 g/mol. The van der Waals surface area contributed by atoms with Crippen LogP contribution in [-0.4, -0.2) is 38.8 Å². The predicted molar refractivity (Wildman–Crippen MR) is 110 cm³/mol. The van der Waals surface area contributed by atoms with Crippen LogP contribution in [0.2, 0.25) is 0 Å². The van der Waals surface area contributed by atoms with E-state index in [1.807, 2.05) is 30.3 Å². The average Bonchev–Trinajstić information content (AvgIpc) is 2.74. The Morgan fingerprint density at radius 2 is 1.79 bits per heavy atom. The van der Waals surface area contributed by atoms with Gasteiger partial charge < -0.3 is 10.1 Å². The second-order valence-corrected chi connectivity index (χ2v) is 8.50. The number of carbonyl (C=O) groups excluding carboxylic acids is 1. The van der Waals surface area contributed by atoms with E-state index < -0.39 is 10.0 Å². The van der Waals surface area contributed by atoms with Crippen molar-refractivity contribution < 1.29 is 17.9 Å². The summed E-state index contributed by atoms with van der Waals surface area (Å²) in [5.41, 5.74) is 1.33. The Morgan fingerprint density at radius 3 is 2.46 bits per heavy atom. The van der Waals surface area contributed by atoms with Crippen LogP contribution in [0.3, 0.4) is 0 Å². The Kier molecular flexibility index (Phi) is 6.49. The predicted octanol–water partition coefficient (Wildman–Crippen LogP) is 3.52. The molecule has 2 aromatic rings. The van der Waals surface area contributed by atoms with Crippen molar-refractivity contribution in [3.63, 3.8) is 0 Å². The number of methoxy groups -OCH3 is 1. The maximum absolute atomic E-state index is 12.8. The molecule has 3 rings (SSSR count). The number of carbonyl (C=O) groups is 1. The van der Waals surface area contributed by atoms with E-state index in [9.17, 15) is 13.2 Å². The first-order chi connectivity index (χ1) is 13.5. The number of rotatable bonds is 6. The summed E-state index contributed by atoms with van der Waals surface area (Å²) in [6.45, 7) is 1.07. The van der Waals surface area contributed by atoms with Gasteiger partial charge in [0.15, 0.2) is 0 Å². The van der Waals surface area contributed by atoms with E-state index in [4.69, 9.17) is 4.74 Å². The number of benzene rings is 2. The first-order valence-electron chi connectivity index (χ1n) is 9.23. The molecule has 1 heterocycles. The minimum Gasteiger partial charge on any atom is -0.495 e. The second-order valence-electron chi connectivity index (χ2n) is 6.56. The molecule has 0 bridgehead atoms. The van der Waals surface area contributed by atoms with Crippen molar-refractivity contribution in [1.82, 2.24) is 4.31 Å². The van der Waals surface area contributed by atoms with Gasteiger partial charge in [-0.25, -0.2) is 8.42 Å². The number of anilines is 1. The van der Waals surface area contributed by atoms with Gasteiger partial charge in [-0.3, -0.25) is 4.79 Å². The molecule has 1 aliphatic rings. The van der Waals surface area contributed by atoms with Gasteiger partial charge in [-0.1, -0.05) is 36.8 Å². The zero-order chi connectivity index (χ0) is 20.0. The molecule has 1 amide bonds. The molecule has 1 saturated heterocycles. The minimum absolute atomic E-state index is 0.170. The smallest absolute Gasteiger partial charge is 0.248 e. The van der Waals surface area contributed by atoms with E-state index in [0.717, 1.165) is 24.8 Å². The molecule has 0 aliphatic carbocycles. The number of sulfonamides is 1. The number of hydrogen-bond acceptors (Lipinski definition) is 4. The van der Waals surface area contributed by atoms with Crippen LogP contribution in [0.4, 0.5) is 5.69 Å². The normalized spacial score (nSPS) is 15.5. The Hall–Kier alpha value is -2.64. The monoisotopic (exact) mass is 400 g/mol. The third-order valence-corrected chi connectivity index (χ3v) is 6.51. The maximum Gasteiger partial charge on any atom is 0.248 e. The summed E-state index contributed by atoms with van der Waals surface area (Å²) in [6.07, 6.45) is 5.93. The molecule has 0 aromatic heterocycles. The van der Waals surface area contributed by atoms with Gasteiger partial charge >= 0.3 is 0 Å². The van der Waals surface area contributed by atoms with Gasteiger partial charge in [-0.05, 0) is 36.6 Å². The number of nitrogens with one attached hydrogen (secondary N) is 1. The quantitative estimate of drug-likeness (QED) is 0.753. The van der Waals surface area contributed by atoms with Crippen molar-refractivity contribution in [2.24, 2.45) is 0 Å². The Morgan fingerprint density at radius 1 is 1.07 bits per heavy atom. The highest BCUT2D eigenvalue weighted by atomic mass is 32.2. The largest absolute Gasteiger partial charge is 0.495 e. The third-order valence-electron chi connectivity index (χ3n) is 4.61. The fourth-order valence-electron chi connectivity index (χ4n) is 3.10. The van der Waals surface area contributed by atoms with Crippen LogP contribution in [-0.2, 0) is 14.8 Å². The summed E-state index contributed by atoms with van der Waals surface area (Å²) < 4.78 is 32.5. The van der Waals surface area contributed by atoms with Crippen LogP contribution in [0.25, 0.3) is 6.08 Å². The van der Waals surface area contributed by atoms with Gasteiger partial charge in [-0.15, -0.1) is 0 Å². The van der Waals surface area contributed by atoms with E-state index >= 15 is 0 Å². The molecule has 0 radical (unpaired) electrons. The number of nitrogens with zero attached hydrogens (tertiary/aromatic N) is 1. The Balaban J connectivity index is 1.76. The van der Waals surface area contributed by atoms with Gasteiger partial charge in [0.05, 0.1) is 17.7 Å². The summed E-state index contributed by atoms with van der Waals surface area (Å²) >= 11 is 0. The summed E-state index contributed by atoms with van der Waals surface area (Å²) in [5, 5.41) is 2.73. The van der Waals surface area contributed by atoms with Gasteiger partial charge in [-0.2, -0.15) is 4.31 Å². The SMILES string of the molecule is COc1cc(S(=O)(=O)N2CCCCC2)ccc1NC(=O)/C=C/c1ccccc1. The standard InChI is InChI=1S/C21H24N2O4S/c1-27-20-16-18(28(25,26)23-14-6-3-7-15-23)11-12-19(20)22-21(24)13-10-17-8-4-2-5-9-17/h2,4-5,8-13,16H,3,6-7,14-15H2,1H3,(H,22,24)/b13-10+. The Bertz CT molecular complexity index is 950. The molecule has 0 spiro atoms. The lowest BCUT2D eigenvalue weighted by Gasteiger charge is -2.26. The first kappa shape index (κ1) is 20.1. The summed E-state index contributed by atoms with van der Waals surface area (Å²) in [4.78, 5) is 12.4. The van der Waals surface area contributed by atoms with Gasteiger partial charge in [0.25, 0.3) is 0 Å². The number of piperidine rings is 1. The van der Waals surface area contributed by atoms with Crippen molar-refractivity contribution >= 4 is 27.7 Å². The van der Waals surface area contributed by atoms with Gasteiger partial charge in [0.2, 0.25) is 15.9 Å². The Labute approximate surface area is 165 Å². The van der Waals surface area contributed by atoms with E-state index in [2.05, 4.69) is 5.32 Å². The van der Waals surface area contributed by atoms with E-state index in [1.165, 1.54) is 29.6 Å². The topological polar surface area (TPSA) is 75.7 Å². The molecule has 1 aliphatic heterocycles. The van der Waals surface area contributed by atoms with Crippen molar-refractivity contribution in [3.8, 4) is 5.75 Å². The van der Waals surface area contributed by atoms with Gasteiger partial charge in [0, 0.05) is 25.2 Å². The molecule has 1 N–H and O–H groups in total. The molecule has 0 atom stereocenters. The molecule has 0 unspecified atom stereocenters. The number of hydrogen-bond donors (Lipinski definition) is 1. The summed E-state index contributed by atoms with van der Waals surface area (Å²) in [6, 6.07) is 14.0. The highest BCUT2D eigenvalue weighted by Gasteiger charge is 2.26. The highest BCUT2D eigenvalue weighted by Crippen LogP contribution is 2.30. The van der Waals surface area contributed by atoms with Crippen molar-refractivity contribution in [1.29, 1.82) is 0 Å². The van der Waals surface area contributed by atoms with E-state index in [0.29, 0.717) is 24.5 Å². The average molecular weight is 400 g/mol. The van der Waals surface area contributed by atoms with E-state index in [1.54, 1.807) is 12.1 Å². The van der Waals surface area contributed by atoms with Crippen molar-refractivity contribution in [2.75, 3.05) is 25.5 Å². The number of amides is 1. The van der Waals surface area contributed by atoms with E-state index in [-0.39, 0.29) is 10.8 Å². The molecule has 1 fully saturated rings. The van der Waals surface area contributed by atoms with Crippen LogP contribution in [0.1, 0.15) is 24.8 Å². The fraction of sp³-hybridized carbons (Fsp3) is 0.286. The van der Waals surface area contributed by atoms with Crippen molar-refractivity contribution in [2.45, 2.75) is 24.2 Å². The van der Waals surface area contributed by atoms with Crippen molar-refractivity contribution in [3.05, 3.63) is 60.2 Å². The molecule has 2 aromatic carbocycles. The third kappa shape index (κ3) is 4.79. The lowest BCUT2D eigenvalue weighted by atomic mass is 10.2. The van der Waals surface area contributed by atoms with Crippen LogP contribution in [0.15, 0.2) is 59.5 Å².